The highest BCUT2D eigenvalue weighted by Crippen LogP contribution is 2.11. The minimum Gasteiger partial charge on any atom is -0.469 e. The molecule has 116 valence electrons. The second kappa shape index (κ2) is 8.57. The zero-order chi connectivity index (χ0) is 15.8. The summed E-state index contributed by atoms with van der Waals surface area (Å²) in [5.41, 5.74) is 1.88. The van der Waals surface area contributed by atoms with Crippen LogP contribution in [0.4, 0.5) is 0 Å². The van der Waals surface area contributed by atoms with E-state index in [1.807, 2.05) is 38.1 Å². The first-order valence-electron chi connectivity index (χ1n) is 7.44. The van der Waals surface area contributed by atoms with Crippen molar-refractivity contribution in [2.24, 2.45) is 0 Å². The quantitative estimate of drug-likeness (QED) is 0.591. The van der Waals surface area contributed by atoms with Gasteiger partial charge in [0.2, 0.25) is 0 Å². The Morgan fingerprint density at radius 3 is 2.29 bits per heavy atom. The van der Waals surface area contributed by atoms with E-state index in [1.165, 1.54) is 12.7 Å². The summed E-state index contributed by atoms with van der Waals surface area (Å²) in [5, 5.41) is 3.23. The molecule has 0 radical (unpaired) electrons. The number of carbonyl (C=O) groups excluding carboxylic acids is 2. The smallest absolute Gasteiger partial charge is 0.305 e. The van der Waals surface area contributed by atoms with Gasteiger partial charge in [-0.25, -0.2) is 0 Å². The molecule has 4 heteroatoms. The van der Waals surface area contributed by atoms with Crippen molar-refractivity contribution in [2.75, 3.05) is 7.11 Å². The molecule has 0 heterocycles. The maximum absolute atomic E-state index is 12.6. The average molecular weight is 291 g/mol. The summed E-state index contributed by atoms with van der Waals surface area (Å²) in [6.45, 7) is 6.05. The second-order valence-corrected chi connectivity index (χ2v) is 5.40. The van der Waals surface area contributed by atoms with Gasteiger partial charge < -0.3 is 10.1 Å². The van der Waals surface area contributed by atoms with Crippen LogP contribution in [0, 0.1) is 0 Å². The maximum atomic E-state index is 12.6. The van der Waals surface area contributed by atoms with Gasteiger partial charge >= 0.3 is 5.97 Å². The topological polar surface area (TPSA) is 55.4 Å². The van der Waals surface area contributed by atoms with E-state index >= 15 is 0 Å². The molecular formula is C17H25NO3. The molecule has 0 aliphatic carbocycles. The molecule has 0 fully saturated rings. The van der Waals surface area contributed by atoms with E-state index in [2.05, 4.69) is 17.0 Å². The highest BCUT2D eigenvalue weighted by atomic mass is 16.5. The van der Waals surface area contributed by atoms with Crippen molar-refractivity contribution >= 4 is 11.8 Å². The molecule has 0 aromatic heterocycles. The van der Waals surface area contributed by atoms with Crippen molar-refractivity contribution in [1.82, 2.24) is 5.32 Å². The van der Waals surface area contributed by atoms with Crippen molar-refractivity contribution in [1.29, 1.82) is 0 Å². The molecule has 21 heavy (non-hydrogen) atoms. The fourth-order valence-corrected chi connectivity index (χ4v) is 2.16. The van der Waals surface area contributed by atoms with E-state index in [0.717, 1.165) is 6.42 Å². The molecule has 0 bridgehead atoms. The van der Waals surface area contributed by atoms with E-state index < -0.39 is 0 Å². The van der Waals surface area contributed by atoms with Gasteiger partial charge in [0, 0.05) is 18.0 Å². The first kappa shape index (κ1) is 17.4. The number of hydrogen-bond donors (Lipinski definition) is 1. The van der Waals surface area contributed by atoms with E-state index in [0.29, 0.717) is 12.0 Å². The van der Waals surface area contributed by atoms with Crippen LogP contribution in [0.5, 0.6) is 0 Å². The number of Topliss-reactive ketones (excluding diaryl/α,β-unsaturated/α-hetero) is 1. The normalized spacial score (nSPS) is 12.2. The molecule has 1 atom stereocenters. The highest BCUT2D eigenvalue weighted by Gasteiger charge is 2.21. The number of nitrogens with one attached hydrogen (secondary N) is 1. The molecule has 1 aromatic rings. The number of hydrogen-bond acceptors (Lipinski definition) is 4. The lowest BCUT2D eigenvalue weighted by molar-refractivity contribution is -0.140. The number of rotatable bonds is 8. The van der Waals surface area contributed by atoms with Crippen LogP contribution in [0.1, 0.15) is 49.5 Å². The van der Waals surface area contributed by atoms with Crippen LogP contribution in [-0.4, -0.2) is 30.9 Å². The molecule has 0 spiro atoms. The molecule has 0 aliphatic rings. The molecule has 1 unspecified atom stereocenters. The number of methoxy groups -OCH3 is 1. The molecule has 4 nitrogen and oxygen atoms in total. The van der Waals surface area contributed by atoms with Gasteiger partial charge in [0.1, 0.15) is 0 Å². The van der Waals surface area contributed by atoms with Gasteiger partial charge in [-0.1, -0.05) is 45.0 Å². The van der Waals surface area contributed by atoms with Crippen LogP contribution in [0.15, 0.2) is 24.3 Å². The van der Waals surface area contributed by atoms with Crippen LogP contribution in [0.3, 0.4) is 0 Å². The Hall–Kier alpha value is -1.68. The van der Waals surface area contributed by atoms with Crippen molar-refractivity contribution in [3.63, 3.8) is 0 Å². The predicted molar refractivity (Wildman–Crippen MR) is 83.5 cm³/mol. The summed E-state index contributed by atoms with van der Waals surface area (Å²) >= 11 is 0. The largest absolute Gasteiger partial charge is 0.469 e. The Bertz CT molecular complexity index is 465. The summed E-state index contributed by atoms with van der Waals surface area (Å²) in [4.78, 5) is 23.8. The van der Waals surface area contributed by atoms with Gasteiger partial charge in [0.05, 0.1) is 13.2 Å². The Morgan fingerprint density at radius 1 is 1.19 bits per heavy atom. The van der Waals surface area contributed by atoms with Crippen molar-refractivity contribution in [2.45, 2.75) is 52.1 Å². The van der Waals surface area contributed by atoms with Gasteiger partial charge in [-0.05, 0) is 18.4 Å². The van der Waals surface area contributed by atoms with Crippen LogP contribution >= 0.6 is 0 Å². The van der Waals surface area contributed by atoms with Gasteiger partial charge in [-0.15, -0.1) is 0 Å². The van der Waals surface area contributed by atoms with E-state index in [-0.39, 0.29) is 30.3 Å². The number of ketones is 1. The number of ether oxygens (including phenoxy) is 1. The fraction of sp³-hybridized carbons (Fsp3) is 0.529. The highest BCUT2D eigenvalue weighted by molar-refractivity contribution is 6.00. The monoisotopic (exact) mass is 291 g/mol. The predicted octanol–water partition coefficient (Wildman–Crippen LogP) is 2.75. The molecular weight excluding hydrogens is 266 g/mol. The standard InChI is InChI=1S/C17H25NO3/c1-5-13-6-8-14(9-7-13)17(20)15(18-12(2)3)10-11-16(19)21-4/h6-9,12,15,18H,5,10-11H2,1-4H3. The molecule has 0 amide bonds. The third-order valence-electron chi connectivity index (χ3n) is 3.36. The third-order valence-corrected chi connectivity index (χ3v) is 3.36. The Balaban J connectivity index is 2.79. The number of esters is 1. The number of aryl methyl sites for hydroxylation is 1. The average Bonchev–Trinajstić information content (AvgIpc) is 2.50. The maximum Gasteiger partial charge on any atom is 0.305 e. The Morgan fingerprint density at radius 2 is 1.81 bits per heavy atom. The van der Waals surface area contributed by atoms with Crippen LogP contribution < -0.4 is 5.32 Å². The molecule has 0 saturated heterocycles. The SMILES string of the molecule is CCc1ccc(C(=O)C(CCC(=O)OC)NC(C)C)cc1. The lowest BCUT2D eigenvalue weighted by Gasteiger charge is -2.20. The lowest BCUT2D eigenvalue weighted by Crippen LogP contribution is -2.41. The summed E-state index contributed by atoms with van der Waals surface area (Å²) in [6, 6.07) is 7.46. The zero-order valence-corrected chi connectivity index (χ0v) is 13.3. The zero-order valence-electron chi connectivity index (χ0n) is 13.3. The Kier molecular flexibility index (Phi) is 7.09. The van der Waals surface area contributed by atoms with Gasteiger partial charge in [-0.3, -0.25) is 9.59 Å². The molecule has 0 aliphatic heterocycles. The van der Waals surface area contributed by atoms with Crippen LogP contribution in [-0.2, 0) is 16.0 Å². The van der Waals surface area contributed by atoms with E-state index in [9.17, 15) is 9.59 Å². The molecule has 1 N–H and O–H groups in total. The van der Waals surface area contributed by atoms with Crippen molar-refractivity contribution in [3.8, 4) is 0 Å². The fourth-order valence-electron chi connectivity index (χ4n) is 2.16. The van der Waals surface area contributed by atoms with Crippen molar-refractivity contribution in [3.05, 3.63) is 35.4 Å². The Labute approximate surface area is 126 Å². The summed E-state index contributed by atoms with van der Waals surface area (Å²) in [5.74, 6) is -0.269. The first-order chi connectivity index (χ1) is 9.97. The lowest BCUT2D eigenvalue weighted by atomic mass is 9.98. The number of carbonyl (C=O) groups is 2. The first-order valence-corrected chi connectivity index (χ1v) is 7.44. The summed E-state index contributed by atoms with van der Waals surface area (Å²) in [7, 11) is 1.36. The minimum atomic E-state index is -0.364. The summed E-state index contributed by atoms with van der Waals surface area (Å²) < 4.78 is 4.64. The van der Waals surface area contributed by atoms with Gasteiger partial charge in [0.25, 0.3) is 0 Å². The van der Waals surface area contributed by atoms with E-state index in [4.69, 9.17) is 0 Å². The summed E-state index contributed by atoms with van der Waals surface area (Å²) in [6.07, 6.45) is 1.63. The van der Waals surface area contributed by atoms with Crippen molar-refractivity contribution < 1.29 is 14.3 Å². The van der Waals surface area contributed by atoms with E-state index in [1.54, 1.807) is 0 Å². The van der Waals surface area contributed by atoms with Gasteiger partial charge in [0.15, 0.2) is 5.78 Å². The second-order valence-electron chi connectivity index (χ2n) is 5.40. The molecule has 0 saturated carbocycles. The van der Waals surface area contributed by atoms with Gasteiger partial charge in [-0.2, -0.15) is 0 Å². The van der Waals surface area contributed by atoms with Crippen LogP contribution in [0.2, 0.25) is 0 Å². The number of benzene rings is 1. The third kappa shape index (κ3) is 5.68. The van der Waals surface area contributed by atoms with Crippen LogP contribution in [0.25, 0.3) is 0 Å². The molecule has 1 aromatic carbocycles. The minimum absolute atomic E-state index is 0.0234. The molecule has 1 rings (SSSR count).